The molecule has 1 aliphatic rings. The molecule has 1 aromatic rings. The van der Waals surface area contributed by atoms with E-state index in [2.05, 4.69) is 0 Å². The molecular formula is C14H20N2O2. The van der Waals surface area contributed by atoms with Gasteiger partial charge in [0.15, 0.2) is 0 Å². The molecule has 3 N–H and O–H groups in total. The van der Waals surface area contributed by atoms with Crippen molar-refractivity contribution in [2.45, 2.75) is 31.7 Å². The van der Waals surface area contributed by atoms with E-state index in [1.807, 2.05) is 12.1 Å². The van der Waals surface area contributed by atoms with E-state index >= 15 is 0 Å². The van der Waals surface area contributed by atoms with Gasteiger partial charge in [-0.3, -0.25) is 4.79 Å². The van der Waals surface area contributed by atoms with E-state index < -0.39 is 0 Å². The highest BCUT2D eigenvalue weighted by atomic mass is 16.3. The second kappa shape index (κ2) is 5.87. The van der Waals surface area contributed by atoms with Gasteiger partial charge >= 0.3 is 0 Å². The Labute approximate surface area is 107 Å². The van der Waals surface area contributed by atoms with Gasteiger partial charge in [0, 0.05) is 12.2 Å². The molecule has 1 aromatic carbocycles. The van der Waals surface area contributed by atoms with Crippen molar-refractivity contribution < 1.29 is 9.90 Å². The van der Waals surface area contributed by atoms with E-state index in [0.717, 1.165) is 25.7 Å². The van der Waals surface area contributed by atoms with E-state index in [-0.39, 0.29) is 18.6 Å². The first-order valence-corrected chi connectivity index (χ1v) is 6.50. The van der Waals surface area contributed by atoms with E-state index in [1.54, 1.807) is 17.0 Å². The van der Waals surface area contributed by atoms with Crippen molar-refractivity contribution in [1.29, 1.82) is 0 Å². The second-order valence-electron chi connectivity index (χ2n) is 4.77. The zero-order valence-corrected chi connectivity index (χ0v) is 10.5. The van der Waals surface area contributed by atoms with Crippen LogP contribution in [0.15, 0.2) is 24.3 Å². The minimum Gasteiger partial charge on any atom is -0.398 e. The number of aliphatic hydroxyl groups excluding tert-OH is 1. The van der Waals surface area contributed by atoms with E-state index in [1.165, 1.54) is 0 Å². The van der Waals surface area contributed by atoms with Gasteiger partial charge in [-0.2, -0.15) is 0 Å². The van der Waals surface area contributed by atoms with Crippen LogP contribution < -0.4 is 5.73 Å². The zero-order valence-electron chi connectivity index (χ0n) is 10.5. The molecule has 18 heavy (non-hydrogen) atoms. The van der Waals surface area contributed by atoms with Crippen LogP contribution in [0.4, 0.5) is 5.69 Å². The molecule has 1 atom stereocenters. The average Bonchev–Trinajstić information content (AvgIpc) is 2.63. The summed E-state index contributed by atoms with van der Waals surface area (Å²) >= 11 is 0. The van der Waals surface area contributed by atoms with E-state index in [0.29, 0.717) is 17.8 Å². The summed E-state index contributed by atoms with van der Waals surface area (Å²) in [4.78, 5) is 14.3. The quantitative estimate of drug-likeness (QED) is 0.782. The number of nitrogen functional groups attached to an aromatic ring is 1. The molecule has 0 aliphatic carbocycles. The van der Waals surface area contributed by atoms with Gasteiger partial charge in [-0.25, -0.2) is 0 Å². The van der Waals surface area contributed by atoms with Crippen LogP contribution in [-0.4, -0.2) is 35.1 Å². The van der Waals surface area contributed by atoms with Gasteiger partial charge < -0.3 is 15.7 Å². The number of amides is 1. The van der Waals surface area contributed by atoms with Crippen molar-refractivity contribution in [3.05, 3.63) is 29.8 Å². The van der Waals surface area contributed by atoms with Crippen molar-refractivity contribution in [1.82, 2.24) is 4.90 Å². The summed E-state index contributed by atoms with van der Waals surface area (Å²) in [7, 11) is 0. The third-order valence-corrected chi connectivity index (χ3v) is 3.54. The van der Waals surface area contributed by atoms with Crippen molar-refractivity contribution in [3.63, 3.8) is 0 Å². The maximum Gasteiger partial charge on any atom is 0.256 e. The Balaban J connectivity index is 2.23. The van der Waals surface area contributed by atoms with Crippen LogP contribution in [0.5, 0.6) is 0 Å². The van der Waals surface area contributed by atoms with Crippen LogP contribution in [0.2, 0.25) is 0 Å². The van der Waals surface area contributed by atoms with Crippen LogP contribution in [0.3, 0.4) is 0 Å². The molecular weight excluding hydrogens is 228 g/mol. The largest absolute Gasteiger partial charge is 0.398 e. The lowest BCUT2D eigenvalue weighted by Crippen LogP contribution is -2.42. The first-order chi connectivity index (χ1) is 8.74. The molecule has 4 nitrogen and oxygen atoms in total. The monoisotopic (exact) mass is 248 g/mol. The lowest BCUT2D eigenvalue weighted by Gasteiger charge is -2.29. The Morgan fingerprint density at radius 2 is 2.11 bits per heavy atom. The number of benzene rings is 1. The summed E-state index contributed by atoms with van der Waals surface area (Å²) in [6.07, 6.45) is 4.05. The number of para-hydroxylation sites is 1. The van der Waals surface area contributed by atoms with Crippen LogP contribution in [0, 0.1) is 0 Å². The summed E-state index contributed by atoms with van der Waals surface area (Å²) in [5.41, 5.74) is 6.89. The van der Waals surface area contributed by atoms with Crippen molar-refractivity contribution >= 4 is 11.6 Å². The highest BCUT2D eigenvalue weighted by Gasteiger charge is 2.26. The van der Waals surface area contributed by atoms with Crippen LogP contribution >= 0.6 is 0 Å². The molecule has 98 valence electrons. The number of carbonyl (C=O) groups is 1. The number of aliphatic hydroxyl groups is 1. The minimum atomic E-state index is -0.0698. The summed E-state index contributed by atoms with van der Waals surface area (Å²) in [5.74, 6) is -0.0611. The number of rotatable bonds is 2. The minimum absolute atomic E-state index is 0.0263. The topological polar surface area (TPSA) is 66.6 Å². The summed E-state index contributed by atoms with van der Waals surface area (Å²) in [5, 5.41) is 9.43. The number of anilines is 1. The molecule has 0 spiro atoms. The Hall–Kier alpha value is -1.55. The molecule has 1 fully saturated rings. The van der Waals surface area contributed by atoms with Gasteiger partial charge in [0.05, 0.1) is 18.2 Å². The summed E-state index contributed by atoms with van der Waals surface area (Å²) in [6, 6.07) is 7.04. The normalized spacial score (nSPS) is 20.5. The number of nitrogens with two attached hydrogens (primary N) is 1. The Morgan fingerprint density at radius 1 is 1.33 bits per heavy atom. The van der Waals surface area contributed by atoms with Crippen LogP contribution in [-0.2, 0) is 0 Å². The van der Waals surface area contributed by atoms with Gasteiger partial charge in [0.1, 0.15) is 0 Å². The van der Waals surface area contributed by atoms with Gasteiger partial charge in [-0.1, -0.05) is 25.0 Å². The van der Waals surface area contributed by atoms with Gasteiger partial charge in [-0.15, -0.1) is 0 Å². The number of likely N-dealkylation sites (tertiary alicyclic amines) is 1. The number of nitrogens with zero attached hydrogens (tertiary/aromatic N) is 1. The lowest BCUT2D eigenvalue weighted by atomic mass is 10.1. The van der Waals surface area contributed by atoms with Crippen LogP contribution in [0.25, 0.3) is 0 Å². The molecule has 0 aromatic heterocycles. The maximum absolute atomic E-state index is 12.5. The Morgan fingerprint density at radius 3 is 2.83 bits per heavy atom. The first-order valence-electron chi connectivity index (χ1n) is 6.50. The average molecular weight is 248 g/mol. The molecule has 4 heteroatoms. The second-order valence-corrected chi connectivity index (χ2v) is 4.77. The highest BCUT2D eigenvalue weighted by molar-refractivity contribution is 5.99. The van der Waals surface area contributed by atoms with Crippen molar-refractivity contribution in [3.8, 4) is 0 Å². The predicted molar refractivity (Wildman–Crippen MR) is 71.2 cm³/mol. The number of carbonyl (C=O) groups excluding carboxylic acids is 1. The fourth-order valence-electron chi connectivity index (χ4n) is 2.48. The van der Waals surface area contributed by atoms with E-state index in [4.69, 9.17) is 5.73 Å². The smallest absolute Gasteiger partial charge is 0.256 e. The fraction of sp³-hybridized carbons (Fsp3) is 0.500. The number of hydrogen-bond acceptors (Lipinski definition) is 3. The Bertz CT molecular complexity index is 420. The molecule has 0 saturated carbocycles. The SMILES string of the molecule is Nc1ccccc1C(=O)N1CCCCCC1CO. The fourth-order valence-corrected chi connectivity index (χ4v) is 2.48. The molecule has 1 saturated heterocycles. The first kappa shape index (κ1) is 12.9. The molecule has 1 heterocycles. The highest BCUT2D eigenvalue weighted by Crippen LogP contribution is 2.21. The zero-order chi connectivity index (χ0) is 13.0. The maximum atomic E-state index is 12.5. The standard InChI is InChI=1S/C14H20N2O2/c15-13-8-4-3-7-12(13)14(18)16-9-5-1-2-6-11(16)10-17/h3-4,7-8,11,17H,1-2,5-6,9-10,15H2. The summed E-state index contributed by atoms with van der Waals surface area (Å²) < 4.78 is 0. The molecule has 2 rings (SSSR count). The lowest BCUT2D eigenvalue weighted by molar-refractivity contribution is 0.0601. The number of hydrogen-bond donors (Lipinski definition) is 2. The third kappa shape index (κ3) is 2.64. The van der Waals surface area contributed by atoms with Gasteiger partial charge in [0.25, 0.3) is 5.91 Å². The van der Waals surface area contributed by atoms with Gasteiger partial charge in [-0.05, 0) is 25.0 Å². The molecule has 1 amide bonds. The molecule has 1 aliphatic heterocycles. The molecule has 0 radical (unpaired) electrons. The van der Waals surface area contributed by atoms with Crippen LogP contribution in [0.1, 0.15) is 36.0 Å². The van der Waals surface area contributed by atoms with E-state index in [9.17, 15) is 9.90 Å². The molecule has 0 bridgehead atoms. The summed E-state index contributed by atoms with van der Waals surface area (Å²) in [6.45, 7) is 0.733. The van der Waals surface area contributed by atoms with Crippen molar-refractivity contribution in [2.24, 2.45) is 0 Å². The van der Waals surface area contributed by atoms with Gasteiger partial charge in [0.2, 0.25) is 0 Å². The molecule has 1 unspecified atom stereocenters. The Kier molecular flexibility index (Phi) is 4.20. The third-order valence-electron chi connectivity index (χ3n) is 3.54. The predicted octanol–water partition coefficient (Wildman–Crippen LogP) is 1.65. The van der Waals surface area contributed by atoms with Crippen molar-refractivity contribution in [2.75, 3.05) is 18.9 Å².